The molecule has 172 valence electrons. The SMILES string of the molecule is COc1ccccc1OCCc1cc([C@H]2CCN(Cc3cn(C)c4ccc(F)cc34)C2)n[nH]1. The first kappa shape index (κ1) is 21.5. The van der Waals surface area contributed by atoms with Gasteiger partial charge in [0, 0.05) is 55.3 Å². The monoisotopic (exact) mass is 448 g/mol. The number of nitrogens with zero attached hydrogens (tertiary/aromatic N) is 3. The highest BCUT2D eigenvalue weighted by molar-refractivity contribution is 5.84. The highest BCUT2D eigenvalue weighted by Gasteiger charge is 2.26. The summed E-state index contributed by atoms with van der Waals surface area (Å²) in [4.78, 5) is 2.43. The second-order valence-corrected chi connectivity index (χ2v) is 8.71. The summed E-state index contributed by atoms with van der Waals surface area (Å²) in [5.41, 5.74) is 4.41. The minimum Gasteiger partial charge on any atom is -0.493 e. The van der Waals surface area contributed by atoms with Crippen molar-refractivity contribution in [3.63, 3.8) is 0 Å². The topological polar surface area (TPSA) is 55.3 Å². The van der Waals surface area contributed by atoms with Gasteiger partial charge in [-0.3, -0.25) is 10.00 Å². The van der Waals surface area contributed by atoms with E-state index in [1.807, 2.05) is 37.4 Å². The van der Waals surface area contributed by atoms with Gasteiger partial charge in [-0.05, 0) is 54.9 Å². The molecule has 1 fully saturated rings. The van der Waals surface area contributed by atoms with E-state index >= 15 is 0 Å². The summed E-state index contributed by atoms with van der Waals surface area (Å²) in [6.45, 7) is 3.33. The van der Waals surface area contributed by atoms with Crippen molar-refractivity contribution < 1.29 is 13.9 Å². The lowest BCUT2D eigenvalue weighted by Gasteiger charge is -2.15. The van der Waals surface area contributed by atoms with Crippen LogP contribution in [-0.4, -0.2) is 46.5 Å². The first-order valence-electron chi connectivity index (χ1n) is 11.4. The molecule has 2 aromatic heterocycles. The van der Waals surface area contributed by atoms with E-state index in [-0.39, 0.29) is 5.82 Å². The molecule has 33 heavy (non-hydrogen) atoms. The molecule has 0 saturated carbocycles. The average molecular weight is 449 g/mol. The Morgan fingerprint density at radius 3 is 2.85 bits per heavy atom. The van der Waals surface area contributed by atoms with Crippen molar-refractivity contribution >= 4 is 10.9 Å². The Kier molecular flexibility index (Phi) is 6.05. The number of rotatable bonds is 8. The number of ether oxygens (including phenoxy) is 2. The Morgan fingerprint density at radius 2 is 2.00 bits per heavy atom. The molecule has 0 aliphatic carbocycles. The number of nitrogens with one attached hydrogen (secondary N) is 1. The van der Waals surface area contributed by atoms with Gasteiger partial charge in [0.05, 0.1) is 19.4 Å². The highest BCUT2D eigenvalue weighted by atomic mass is 19.1. The number of H-pyrrole nitrogens is 1. The van der Waals surface area contributed by atoms with Gasteiger partial charge in [0.25, 0.3) is 0 Å². The predicted octanol–water partition coefficient (Wildman–Crippen LogP) is 4.66. The fourth-order valence-corrected chi connectivity index (χ4v) is 4.76. The van der Waals surface area contributed by atoms with Crippen LogP contribution in [0, 0.1) is 5.82 Å². The van der Waals surface area contributed by atoms with Crippen LogP contribution in [0.15, 0.2) is 54.7 Å². The molecule has 1 N–H and O–H groups in total. The maximum absolute atomic E-state index is 13.8. The number of likely N-dealkylation sites (tertiary alicyclic amines) is 1. The second kappa shape index (κ2) is 9.27. The molecule has 0 unspecified atom stereocenters. The lowest BCUT2D eigenvalue weighted by atomic mass is 10.0. The quantitative estimate of drug-likeness (QED) is 0.426. The zero-order valence-electron chi connectivity index (χ0n) is 19.1. The van der Waals surface area contributed by atoms with Crippen molar-refractivity contribution in [2.75, 3.05) is 26.8 Å². The number of fused-ring (bicyclic) bond motifs is 1. The largest absolute Gasteiger partial charge is 0.493 e. The Labute approximate surface area is 192 Å². The van der Waals surface area contributed by atoms with Crippen LogP contribution in [0.25, 0.3) is 10.9 Å². The van der Waals surface area contributed by atoms with Gasteiger partial charge in [-0.25, -0.2) is 4.39 Å². The van der Waals surface area contributed by atoms with Crippen LogP contribution < -0.4 is 9.47 Å². The molecular formula is C26H29FN4O2. The summed E-state index contributed by atoms with van der Waals surface area (Å²) in [7, 11) is 3.66. The third-order valence-corrected chi connectivity index (χ3v) is 6.47. The standard InChI is InChI=1S/C26H29FN4O2/c1-30-15-19(22-13-20(27)7-8-24(22)30)17-31-11-9-18(16-31)23-14-21(28-29-23)10-12-33-26-6-4-3-5-25(26)32-2/h3-8,13-15,18H,9-12,16-17H2,1-2H3,(H,28,29)/t18-/m0/s1. The van der Waals surface area contributed by atoms with E-state index in [1.54, 1.807) is 13.2 Å². The number of aromatic amines is 1. The number of hydrogen-bond acceptors (Lipinski definition) is 4. The summed E-state index contributed by atoms with van der Waals surface area (Å²) in [6, 6.07) is 14.8. The summed E-state index contributed by atoms with van der Waals surface area (Å²) >= 11 is 0. The van der Waals surface area contributed by atoms with Crippen molar-refractivity contribution in [3.8, 4) is 11.5 Å². The van der Waals surface area contributed by atoms with Crippen LogP contribution in [0.2, 0.25) is 0 Å². The molecule has 2 aromatic carbocycles. The molecule has 1 saturated heterocycles. The van der Waals surface area contributed by atoms with Crippen molar-refractivity contribution in [1.82, 2.24) is 19.7 Å². The smallest absolute Gasteiger partial charge is 0.161 e. The Balaban J connectivity index is 1.17. The molecule has 4 aromatic rings. The lowest BCUT2D eigenvalue weighted by Crippen LogP contribution is -2.19. The van der Waals surface area contributed by atoms with Crippen LogP contribution in [0.4, 0.5) is 4.39 Å². The summed E-state index contributed by atoms with van der Waals surface area (Å²) < 4.78 is 27.1. The zero-order chi connectivity index (χ0) is 22.8. The Morgan fingerprint density at radius 1 is 1.15 bits per heavy atom. The van der Waals surface area contributed by atoms with Crippen molar-refractivity contribution in [2.45, 2.75) is 25.3 Å². The van der Waals surface area contributed by atoms with Gasteiger partial charge in [-0.1, -0.05) is 12.1 Å². The first-order valence-corrected chi connectivity index (χ1v) is 11.4. The number of para-hydroxylation sites is 2. The van der Waals surface area contributed by atoms with Crippen molar-refractivity contribution in [2.24, 2.45) is 7.05 Å². The Bertz CT molecular complexity index is 1250. The molecule has 0 bridgehead atoms. The molecule has 1 aliphatic rings. The molecule has 0 amide bonds. The molecule has 7 heteroatoms. The molecule has 6 nitrogen and oxygen atoms in total. The number of hydrogen-bond donors (Lipinski definition) is 1. The van der Waals surface area contributed by atoms with E-state index in [4.69, 9.17) is 9.47 Å². The number of aryl methyl sites for hydroxylation is 1. The zero-order valence-corrected chi connectivity index (χ0v) is 19.1. The number of benzene rings is 2. The van der Waals surface area contributed by atoms with Gasteiger partial charge in [0.2, 0.25) is 0 Å². The number of aromatic nitrogens is 3. The fraction of sp³-hybridized carbons (Fsp3) is 0.346. The second-order valence-electron chi connectivity index (χ2n) is 8.71. The molecule has 1 aliphatic heterocycles. The van der Waals surface area contributed by atoms with E-state index in [0.29, 0.717) is 12.5 Å². The van der Waals surface area contributed by atoms with Crippen molar-refractivity contribution in [1.29, 1.82) is 0 Å². The Hall–Kier alpha value is -3.32. The summed E-state index contributed by atoms with van der Waals surface area (Å²) in [5.74, 6) is 1.70. The first-order chi connectivity index (χ1) is 16.1. The molecule has 3 heterocycles. The average Bonchev–Trinajstić information content (AvgIpc) is 3.54. The van der Waals surface area contributed by atoms with E-state index in [2.05, 4.69) is 31.9 Å². The van der Waals surface area contributed by atoms with E-state index in [0.717, 1.165) is 66.3 Å². The molecule has 0 spiro atoms. The normalized spacial score (nSPS) is 16.5. The predicted molar refractivity (Wildman–Crippen MR) is 126 cm³/mol. The van der Waals surface area contributed by atoms with Gasteiger partial charge < -0.3 is 14.0 Å². The number of halogens is 1. The van der Waals surface area contributed by atoms with E-state index in [1.165, 1.54) is 11.6 Å². The summed E-state index contributed by atoms with van der Waals surface area (Å²) in [6.07, 6.45) is 3.94. The molecular weight excluding hydrogens is 419 g/mol. The summed E-state index contributed by atoms with van der Waals surface area (Å²) in [5, 5.41) is 8.75. The third-order valence-electron chi connectivity index (χ3n) is 6.47. The lowest BCUT2D eigenvalue weighted by molar-refractivity contribution is 0.296. The molecule has 5 rings (SSSR count). The van der Waals surface area contributed by atoms with Gasteiger partial charge in [0.1, 0.15) is 5.82 Å². The van der Waals surface area contributed by atoms with Gasteiger partial charge in [-0.2, -0.15) is 5.10 Å². The van der Waals surface area contributed by atoms with Crippen molar-refractivity contribution in [3.05, 3.63) is 77.5 Å². The van der Waals surface area contributed by atoms with Crippen LogP contribution >= 0.6 is 0 Å². The fourth-order valence-electron chi connectivity index (χ4n) is 4.76. The highest BCUT2D eigenvalue weighted by Crippen LogP contribution is 2.30. The van der Waals surface area contributed by atoms with Crippen LogP contribution in [0.5, 0.6) is 11.5 Å². The minimum atomic E-state index is -0.187. The van der Waals surface area contributed by atoms with Crippen LogP contribution in [0.3, 0.4) is 0 Å². The van der Waals surface area contributed by atoms with Crippen LogP contribution in [-0.2, 0) is 20.0 Å². The van der Waals surface area contributed by atoms with Gasteiger partial charge >= 0.3 is 0 Å². The third kappa shape index (κ3) is 4.59. The number of methoxy groups -OCH3 is 1. The maximum atomic E-state index is 13.8. The van der Waals surface area contributed by atoms with Gasteiger partial charge in [-0.15, -0.1) is 0 Å². The van der Waals surface area contributed by atoms with Crippen LogP contribution in [0.1, 0.15) is 29.3 Å². The van der Waals surface area contributed by atoms with E-state index in [9.17, 15) is 4.39 Å². The van der Waals surface area contributed by atoms with Gasteiger partial charge in [0.15, 0.2) is 11.5 Å². The maximum Gasteiger partial charge on any atom is 0.161 e. The minimum absolute atomic E-state index is 0.187. The molecule has 1 atom stereocenters. The molecule has 0 radical (unpaired) electrons. The van der Waals surface area contributed by atoms with E-state index < -0.39 is 0 Å².